The Hall–Kier alpha value is -2.47. The zero-order valence-electron chi connectivity index (χ0n) is 13.2. The lowest BCUT2D eigenvalue weighted by Gasteiger charge is -2.13. The molecule has 122 valence electrons. The Kier molecular flexibility index (Phi) is 4.13. The highest BCUT2D eigenvalue weighted by Gasteiger charge is 2.19. The molecular weight excluding hydrogens is 320 g/mol. The molecule has 1 aliphatic carbocycles. The van der Waals surface area contributed by atoms with Crippen LogP contribution >= 0.6 is 11.3 Å². The van der Waals surface area contributed by atoms with Gasteiger partial charge in [-0.15, -0.1) is 11.3 Å². The van der Waals surface area contributed by atoms with E-state index in [-0.39, 0.29) is 5.91 Å². The number of aromatic nitrogens is 3. The fourth-order valence-corrected chi connectivity index (χ4v) is 4.19. The van der Waals surface area contributed by atoms with Gasteiger partial charge < -0.3 is 5.32 Å². The highest BCUT2D eigenvalue weighted by atomic mass is 32.1. The molecule has 0 unspecified atom stereocenters. The molecule has 3 heterocycles. The van der Waals surface area contributed by atoms with Gasteiger partial charge in [0.15, 0.2) is 0 Å². The lowest BCUT2D eigenvalue weighted by Crippen LogP contribution is -2.24. The smallest absolute Gasteiger partial charge is 0.252 e. The molecule has 0 aromatic carbocycles. The minimum Gasteiger partial charge on any atom is -0.348 e. The Bertz CT molecular complexity index is 854. The number of aryl methyl sites for hydroxylation is 1. The zero-order chi connectivity index (χ0) is 16.4. The molecule has 4 rings (SSSR count). The summed E-state index contributed by atoms with van der Waals surface area (Å²) in [5.74, 6) is 0.822. The van der Waals surface area contributed by atoms with Gasteiger partial charge in [0.1, 0.15) is 12.1 Å². The van der Waals surface area contributed by atoms with E-state index in [1.807, 2.05) is 28.3 Å². The Morgan fingerprint density at radius 1 is 1.29 bits per heavy atom. The molecule has 24 heavy (non-hydrogen) atoms. The fraction of sp³-hybridized carbons (Fsp3) is 0.278. The second-order valence-corrected chi connectivity index (χ2v) is 6.90. The summed E-state index contributed by atoms with van der Waals surface area (Å²) in [5, 5.41) is 5.05. The first-order valence-corrected chi connectivity index (χ1v) is 9.00. The average Bonchev–Trinajstić information content (AvgIpc) is 3.29. The van der Waals surface area contributed by atoms with Crippen LogP contribution < -0.4 is 5.32 Å². The van der Waals surface area contributed by atoms with Crippen molar-refractivity contribution in [1.29, 1.82) is 0 Å². The van der Waals surface area contributed by atoms with Crippen molar-refractivity contribution in [1.82, 2.24) is 19.9 Å². The van der Waals surface area contributed by atoms with Gasteiger partial charge in [-0.3, -0.25) is 9.36 Å². The molecule has 0 spiro atoms. The summed E-state index contributed by atoms with van der Waals surface area (Å²) in [7, 11) is 0. The molecule has 3 aromatic heterocycles. The number of pyridine rings is 1. The molecule has 1 amide bonds. The van der Waals surface area contributed by atoms with Gasteiger partial charge in [-0.2, -0.15) is 0 Å². The van der Waals surface area contributed by atoms with Crippen LogP contribution in [0.5, 0.6) is 0 Å². The van der Waals surface area contributed by atoms with Crippen molar-refractivity contribution in [2.45, 2.75) is 32.2 Å². The highest BCUT2D eigenvalue weighted by molar-refractivity contribution is 7.10. The van der Waals surface area contributed by atoms with E-state index in [9.17, 15) is 4.79 Å². The van der Waals surface area contributed by atoms with Crippen LogP contribution in [-0.2, 0) is 19.4 Å². The van der Waals surface area contributed by atoms with Crippen LogP contribution in [0.3, 0.4) is 0 Å². The molecule has 0 fully saturated rings. The maximum Gasteiger partial charge on any atom is 0.252 e. The minimum absolute atomic E-state index is 0.0235. The summed E-state index contributed by atoms with van der Waals surface area (Å²) in [6, 6.07) is 3.88. The van der Waals surface area contributed by atoms with E-state index in [2.05, 4.69) is 15.3 Å². The van der Waals surface area contributed by atoms with Crippen molar-refractivity contribution >= 4 is 17.2 Å². The predicted molar refractivity (Wildman–Crippen MR) is 93.5 cm³/mol. The normalized spacial score (nSPS) is 13.5. The molecule has 3 aromatic rings. The first kappa shape index (κ1) is 15.1. The van der Waals surface area contributed by atoms with Gasteiger partial charge in [0, 0.05) is 35.4 Å². The monoisotopic (exact) mass is 338 g/mol. The predicted octanol–water partition coefficient (Wildman–Crippen LogP) is 3.14. The van der Waals surface area contributed by atoms with Crippen LogP contribution in [0.2, 0.25) is 0 Å². The summed E-state index contributed by atoms with van der Waals surface area (Å²) in [5.41, 5.74) is 3.14. The summed E-state index contributed by atoms with van der Waals surface area (Å²) >= 11 is 1.72. The molecule has 6 heteroatoms. The van der Waals surface area contributed by atoms with Crippen molar-refractivity contribution in [3.8, 4) is 5.82 Å². The Balaban J connectivity index is 1.46. The zero-order valence-corrected chi connectivity index (χ0v) is 14.1. The van der Waals surface area contributed by atoms with Crippen LogP contribution in [0, 0.1) is 0 Å². The number of amides is 1. The number of nitrogens with zero attached hydrogens (tertiary/aromatic N) is 3. The molecule has 1 N–H and O–H groups in total. The largest absolute Gasteiger partial charge is 0.348 e. The molecule has 0 aliphatic heterocycles. The van der Waals surface area contributed by atoms with Gasteiger partial charge in [0.2, 0.25) is 0 Å². The van der Waals surface area contributed by atoms with E-state index in [0.29, 0.717) is 6.54 Å². The third-order valence-corrected chi connectivity index (χ3v) is 5.43. The first-order chi connectivity index (χ1) is 11.8. The lowest BCUT2D eigenvalue weighted by molar-refractivity contribution is 0.0950. The standard InChI is InChI=1S/C18H18N4OS/c23-18(15-11-24-16-4-2-1-3-14(15)16)21-10-13-5-6-20-17(9-13)22-8-7-19-12-22/h5-9,11-12H,1-4,10H2,(H,21,23). The molecule has 0 saturated heterocycles. The number of fused-ring (bicyclic) bond motifs is 1. The van der Waals surface area contributed by atoms with E-state index in [0.717, 1.165) is 29.8 Å². The summed E-state index contributed by atoms with van der Waals surface area (Å²) in [6.45, 7) is 0.494. The number of nitrogens with one attached hydrogen (secondary N) is 1. The molecule has 1 aliphatic rings. The summed E-state index contributed by atoms with van der Waals surface area (Å²) < 4.78 is 1.85. The molecule has 0 atom stereocenters. The Labute approximate surface area is 144 Å². The molecule has 0 saturated carbocycles. The van der Waals surface area contributed by atoms with Gasteiger partial charge in [-0.1, -0.05) is 0 Å². The van der Waals surface area contributed by atoms with Crippen LogP contribution in [0.25, 0.3) is 5.82 Å². The second kappa shape index (κ2) is 6.57. The van der Waals surface area contributed by atoms with Gasteiger partial charge in [-0.25, -0.2) is 9.97 Å². The van der Waals surface area contributed by atoms with Gasteiger partial charge in [0.05, 0.1) is 5.56 Å². The number of hydrogen-bond donors (Lipinski definition) is 1. The van der Waals surface area contributed by atoms with Crippen LogP contribution in [-0.4, -0.2) is 20.4 Å². The molecule has 0 bridgehead atoms. The second-order valence-electron chi connectivity index (χ2n) is 5.93. The maximum absolute atomic E-state index is 12.5. The van der Waals surface area contributed by atoms with E-state index < -0.39 is 0 Å². The van der Waals surface area contributed by atoms with E-state index in [1.54, 1.807) is 30.1 Å². The van der Waals surface area contributed by atoms with E-state index >= 15 is 0 Å². The van der Waals surface area contributed by atoms with Gasteiger partial charge >= 0.3 is 0 Å². The van der Waals surface area contributed by atoms with E-state index in [4.69, 9.17) is 0 Å². The summed E-state index contributed by atoms with van der Waals surface area (Å²) in [4.78, 5) is 22.3. The minimum atomic E-state index is 0.0235. The number of rotatable bonds is 4. The van der Waals surface area contributed by atoms with Crippen molar-refractivity contribution < 1.29 is 4.79 Å². The molecule has 5 nitrogen and oxygen atoms in total. The lowest BCUT2D eigenvalue weighted by atomic mass is 9.95. The van der Waals surface area contributed by atoms with Crippen LogP contribution in [0.4, 0.5) is 0 Å². The highest BCUT2D eigenvalue weighted by Crippen LogP contribution is 2.30. The number of imidazole rings is 1. The number of thiophene rings is 1. The van der Waals surface area contributed by atoms with Crippen molar-refractivity contribution in [2.75, 3.05) is 0 Å². The van der Waals surface area contributed by atoms with E-state index in [1.165, 1.54) is 23.3 Å². The molecule has 0 radical (unpaired) electrons. The van der Waals surface area contributed by atoms with Crippen molar-refractivity contribution in [3.63, 3.8) is 0 Å². The van der Waals surface area contributed by atoms with Crippen molar-refractivity contribution in [3.05, 3.63) is 64.0 Å². The number of carbonyl (C=O) groups is 1. The quantitative estimate of drug-likeness (QED) is 0.795. The number of hydrogen-bond acceptors (Lipinski definition) is 4. The Morgan fingerprint density at radius 3 is 3.08 bits per heavy atom. The third-order valence-electron chi connectivity index (χ3n) is 4.34. The first-order valence-electron chi connectivity index (χ1n) is 8.12. The third kappa shape index (κ3) is 2.97. The SMILES string of the molecule is O=C(NCc1ccnc(-n2ccnc2)c1)c1csc2c1CCCC2. The van der Waals surface area contributed by atoms with Crippen LogP contribution in [0.1, 0.15) is 39.2 Å². The van der Waals surface area contributed by atoms with Crippen LogP contribution in [0.15, 0.2) is 42.4 Å². The topological polar surface area (TPSA) is 59.8 Å². The maximum atomic E-state index is 12.5. The average molecular weight is 338 g/mol. The number of carbonyl (C=O) groups excluding carboxylic acids is 1. The van der Waals surface area contributed by atoms with Crippen molar-refractivity contribution in [2.24, 2.45) is 0 Å². The summed E-state index contributed by atoms with van der Waals surface area (Å²) in [6.07, 6.45) is 11.6. The fourth-order valence-electron chi connectivity index (χ4n) is 3.07. The van der Waals surface area contributed by atoms with Gasteiger partial charge in [0.25, 0.3) is 5.91 Å². The molecular formula is C18H18N4OS. The van der Waals surface area contributed by atoms with Gasteiger partial charge in [-0.05, 0) is 48.9 Å². The Morgan fingerprint density at radius 2 is 2.21 bits per heavy atom.